The fraction of sp³-hybridized carbons (Fsp3) is 0.389. The van der Waals surface area contributed by atoms with Crippen molar-refractivity contribution in [1.29, 1.82) is 0 Å². The minimum atomic E-state index is -5.90. The van der Waals surface area contributed by atoms with Crippen LogP contribution < -0.4 is 0 Å². The topological polar surface area (TPSA) is 83.9 Å². The summed E-state index contributed by atoms with van der Waals surface area (Å²) >= 11 is 0. The summed E-state index contributed by atoms with van der Waals surface area (Å²) in [5.74, 6) is -1.88. The lowest BCUT2D eigenvalue weighted by Crippen LogP contribution is -2.54. The Morgan fingerprint density at radius 1 is 1.29 bits per heavy atom. The fourth-order valence-electron chi connectivity index (χ4n) is 4.34. The van der Waals surface area contributed by atoms with Crippen molar-refractivity contribution in [3.05, 3.63) is 53.2 Å². The van der Waals surface area contributed by atoms with Gasteiger partial charge in [0.15, 0.2) is 5.72 Å². The number of fused-ring (bicyclic) bond motifs is 6. The van der Waals surface area contributed by atoms with Gasteiger partial charge in [-0.2, -0.15) is 21.6 Å². The molecule has 0 radical (unpaired) electrons. The van der Waals surface area contributed by atoms with E-state index >= 15 is 0 Å². The molecule has 1 N–H and O–H groups in total. The van der Waals surface area contributed by atoms with Crippen LogP contribution >= 0.6 is 0 Å². The number of halogens is 3. The van der Waals surface area contributed by atoms with E-state index in [4.69, 9.17) is 4.18 Å². The molecule has 3 aliphatic rings. The van der Waals surface area contributed by atoms with E-state index in [2.05, 4.69) is 0 Å². The molecule has 4 rings (SSSR count). The highest BCUT2D eigenvalue weighted by Crippen LogP contribution is 2.57. The summed E-state index contributed by atoms with van der Waals surface area (Å²) in [4.78, 5) is 12.7. The number of benzene rings is 1. The second kappa shape index (κ2) is 6.08. The Bertz CT molecular complexity index is 1010. The van der Waals surface area contributed by atoms with Crippen LogP contribution in [0.2, 0.25) is 0 Å². The van der Waals surface area contributed by atoms with Crippen LogP contribution in [0.3, 0.4) is 0 Å². The number of alkyl halides is 3. The molecule has 0 spiro atoms. The molecular weight excluding hydrogens is 399 g/mol. The molecule has 1 fully saturated rings. The molecule has 2 aliphatic heterocycles. The maximum atomic E-state index is 13.1. The molecule has 1 aromatic carbocycles. The molecule has 0 bridgehead atoms. The van der Waals surface area contributed by atoms with E-state index in [1.807, 2.05) is 0 Å². The van der Waals surface area contributed by atoms with Crippen molar-refractivity contribution in [2.75, 3.05) is 0 Å². The summed E-state index contributed by atoms with van der Waals surface area (Å²) in [5, 5.41) is 9.35. The number of carbonyl (C=O) groups is 1. The van der Waals surface area contributed by atoms with Gasteiger partial charge in [0.05, 0.1) is 5.57 Å². The predicted molar refractivity (Wildman–Crippen MR) is 92.0 cm³/mol. The average molecular weight is 415 g/mol. The maximum Gasteiger partial charge on any atom is 0.523 e. The molecule has 6 nitrogen and oxygen atoms in total. The Balaban J connectivity index is 1.93. The van der Waals surface area contributed by atoms with Crippen molar-refractivity contribution in [2.45, 2.75) is 42.8 Å². The first-order valence-electron chi connectivity index (χ1n) is 8.61. The standard InChI is InChI=1S/C18H16F3NO5S/c19-18(20,21)28(25,26)27-17-9-3-6-14(17)12-4-1-2-5-13(12)15-8-7-11(16(23)24)10-22(15)17/h1-2,4-5,8,10,14H,3,6-7,9H2,(H,23,24). The van der Waals surface area contributed by atoms with Crippen molar-refractivity contribution in [2.24, 2.45) is 0 Å². The SMILES string of the molecule is O=C(O)C1=CN2C(=CC1)c1ccccc1C1CCCC12OS(=O)(=O)C(F)(F)F. The Morgan fingerprint density at radius 3 is 2.68 bits per heavy atom. The molecule has 1 aromatic rings. The number of allylic oxidation sites excluding steroid dienone is 1. The number of nitrogens with zero attached hydrogens (tertiary/aromatic N) is 1. The number of carboxylic acid groups (broad SMARTS) is 1. The van der Waals surface area contributed by atoms with Crippen LogP contribution in [0.25, 0.3) is 5.70 Å². The van der Waals surface area contributed by atoms with Crippen LogP contribution in [0.1, 0.15) is 42.7 Å². The quantitative estimate of drug-likeness (QED) is 0.601. The molecule has 2 heterocycles. The highest BCUT2D eigenvalue weighted by Gasteiger charge is 2.60. The average Bonchev–Trinajstić information content (AvgIpc) is 3.04. The summed E-state index contributed by atoms with van der Waals surface area (Å²) in [5.41, 5.74) is -5.59. The second-order valence-corrected chi connectivity index (χ2v) is 8.52. The van der Waals surface area contributed by atoms with E-state index in [0.29, 0.717) is 24.1 Å². The first-order chi connectivity index (χ1) is 13.1. The number of carboxylic acids is 1. The minimum Gasteiger partial charge on any atom is -0.478 e. The zero-order valence-electron chi connectivity index (χ0n) is 14.4. The maximum absolute atomic E-state index is 13.1. The lowest BCUT2D eigenvalue weighted by molar-refractivity contribution is -0.133. The molecular formula is C18H16F3NO5S. The van der Waals surface area contributed by atoms with Crippen molar-refractivity contribution >= 4 is 21.8 Å². The van der Waals surface area contributed by atoms with Crippen LogP contribution in [-0.2, 0) is 19.1 Å². The van der Waals surface area contributed by atoms with Crippen molar-refractivity contribution in [3.8, 4) is 0 Å². The Hall–Kier alpha value is -2.33. The molecule has 0 aromatic heterocycles. The highest BCUT2D eigenvalue weighted by atomic mass is 32.2. The summed E-state index contributed by atoms with van der Waals surface area (Å²) < 4.78 is 68.1. The Kier molecular flexibility index (Phi) is 4.13. The van der Waals surface area contributed by atoms with Gasteiger partial charge in [-0.25, -0.2) is 8.98 Å². The zero-order chi connectivity index (χ0) is 20.3. The van der Waals surface area contributed by atoms with Crippen LogP contribution in [-0.4, -0.2) is 35.6 Å². The normalized spacial score (nSPS) is 26.7. The number of rotatable bonds is 3. The molecule has 2 atom stereocenters. The summed E-state index contributed by atoms with van der Waals surface area (Å²) in [7, 11) is -5.90. The molecule has 150 valence electrons. The van der Waals surface area contributed by atoms with Crippen molar-refractivity contribution in [1.82, 2.24) is 4.90 Å². The number of aliphatic carboxylic acids is 1. The van der Waals surface area contributed by atoms with E-state index in [-0.39, 0.29) is 18.4 Å². The van der Waals surface area contributed by atoms with Gasteiger partial charge in [-0.15, -0.1) is 0 Å². The highest BCUT2D eigenvalue weighted by molar-refractivity contribution is 7.87. The van der Waals surface area contributed by atoms with Gasteiger partial charge < -0.3 is 10.0 Å². The van der Waals surface area contributed by atoms with E-state index in [0.717, 1.165) is 5.56 Å². The van der Waals surface area contributed by atoms with E-state index in [9.17, 15) is 31.5 Å². The van der Waals surface area contributed by atoms with Gasteiger partial charge in [0.1, 0.15) is 0 Å². The predicted octanol–water partition coefficient (Wildman–Crippen LogP) is 3.55. The Labute approximate surface area is 159 Å². The molecule has 28 heavy (non-hydrogen) atoms. The minimum absolute atomic E-state index is 0.0159. The first-order valence-corrected chi connectivity index (χ1v) is 10.0. The number of hydrogen-bond acceptors (Lipinski definition) is 5. The second-order valence-electron chi connectivity index (χ2n) is 6.98. The lowest BCUT2D eigenvalue weighted by Gasteiger charge is -2.50. The van der Waals surface area contributed by atoms with Crippen molar-refractivity contribution < 1.29 is 35.7 Å². The fourth-order valence-corrected chi connectivity index (χ4v) is 5.09. The molecule has 0 amide bonds. The van der Waals surface area contributed by atoms with E-state index in [1.54, 1.807) is 30.3 Å². The third kappa shape index (κ3) is 2.66. The van der Waals surface area contributed by atoms with Gasteiger partial charge >= 0.3 is 21.6 Å². The first kappa shape index (κ1) is 19.0. The van der Waals surface area contributed by atoms with Gasteiger partial charge in [-0.1, -0.05) is 30.3 Å². The smallest absolute Gasteiger partial charge is 0.478 e. The monoisotopic (exact) mass is 415 g/mol. The largest absolute Gasteiger partial charge is 0.523 e. The van der Waals surface area contributed by atoms with Gasteiger partial charge in [-0.05, 0) is 24.8 Å². The van der Waals surface area contributed by atoms with Gasteiger partial charge in [-0.3, -0.25) is 0 Å². The Morgan fingerprint density at radius 2 is 2.00 bits per heavy atom. The van der Waals surface area contributed by atoms with Crippen LogP contribution in [0.15, 0.2) is 42.1 Å². The summed E-state index contributed by atoms with van der Waals surface area (Å²) in [6.07, 6.45) is 3.74. The third-order valence-electron chi connectivity index (χ3n) is 5.46. The van der Waals surface area contributed by atoms with Gasteiger partial charge in [0.25, 0.3) is 0 Å². The molecule has 1 saturated carbocycles. The zero-order valence-corrected chi connectivity index (χ0v) is 15.3. The van der Waals surface area contributed by atoms with Crippen LogP contribution in [0, 0.1) is 0 Å². The third-order valence-corrected chi connectivity index (χ3v) is 6.54. The van der Waals surface area contributed by atoms with Crippen LogP contribution in [0.4, 0.5) is 13.2 Å². The van der Waals surface area contributed by atoms with Crippen molar-refractivity contribution in [3.63, 3.8) is 0 Å². The summed E-state index contributed by atoms with van der Waals surface area (Å²) in [6, 6.07) is 7.04. The molecule has 2 unspecified atom stereocenters. The lowest BCUT2D eigenvalue weighted by atomic mass is 9.80. The van der Waals surface area contributed by atoms with Crippen LogP contribution in [0.5, 0.6) is 0 Å². The number of hydrogen-bond donors (Lipinski definition) is 1. The van der Waals surface area contributed by atoms with E-state index in [1.165, 1.54) is 11.1 Å². The summed E-state index contributed by atoms with van der Waals surface area (Å²) in [6.45, 7) is 0. The van der Waals surface area contributed by atoms with Gasteiger partial charge in [0, 0.05) is 29.8 Å². The molecule has 0 saturated heterocycles. The molecule has 10 heteroatoms. The van der Waals surface area contributed by atoms with Gasteiger partial charge in [0.2, 0.25) is 0 Å². The van der Waals surface area contributed by atoms with E-state index < -0.39 is 33.2 Å². The molecule has 1 aliphatic carbocycles.